The van der Waals surface area contributed by atoms with Gasteiger partial charge in [-0.25, -0.2) is 4.79 Å². The normalized spacial score (nSPS) is 15.2. The van der Waals surface area contributed by atoms with Crippen LogP contribution in [0, 0.1) is 0 Å². The molecule has 6 nitrogen and oxygen atoms in total. The Bertz CT molecular complexity index is 988. The third-order valence-corrected chi connectivity index (χ3v) is 5.55. The van der Waals surface area contributed by atoms with E-state index in [9.17, 15) is 22.8 Å². The minimum absolute atomic E-state index is 0.195. The molecule has 33 heavy (non-hydrogen) atoms. The average Bonchev–Trinajstić information content (AvgIpc) is 2.75. The summed E-state index contributed by atoms with van der Waals surface area (Å²) < 4.78 is 45.2. The number of likely N-dealkylation sites (tertiary alicyclic amines) is 1. The molecule has 10 heteroatoms. The smallest absolute Gasteiger partial charge is 0.418 e. The van der Waals surface area contributed by atoms with Gasteiger partial charge in [-0.3, -0.25) is 4.79 Å². The molecule has 1 fully saturated rings. The number of para-hydroxylation sites is 1. The highest BCUT2D eigenvalue weighted by Crippen LogP contribution is 2.34. The number of hydrogen-bond acceptors (Lipinski definition) is 3. The molecule has 2 N–H and O–H groups in total. The fraction of sp³-hybridized carbons (Fsp3) is 0.391. The Morgan fingerprint density at radius 2 is 1.64 bits per heavy atom. The van der Waals surface area contributed by atoms with Gasteiger partial charge in [0.1, 0.15) is 5.75 Å². The molecule has 1 heterocycles. The van der Waals surface area contributed by atoms with Crippen LogP contribution in [0.2, 0.25) is 5.02 Å². The minimum atomic E-state index is -4.57. The number of carbonyl (C=O) groups is 2. The molecular formula is C23H25ClF3N3O3. The van der Waals surface area contributed by atoms with E-state index in [1.165, 1.54) is 18.2 Å². The van der Waals surface area contributed by atoms with E-state index in [1.54, 1.807) is 43.0 Å². The zero-order valence-electron chi connectivity index (χ0n) is 18.2. The van der Waals surface area contributed by atoms with Crippen molar-refractivity contribution >= 4 is 29.2 Å². The summed E-state index contributed by atoms with van der Waals surface area (Å²) >= 11 is 5.87. The predicted molar refractivity (Wildman–Crippen MR) is 119 cm³/mol. The third-order valence-electron chi connectivity index (χ3n) is 5.30. The van der Waals surface area contributed by atoms with Crippen molar-refractivity contribution in [3.63, 3.8) is 0 Å². The van der Waals surface area contributed by atoms with Gasteiger partial charge < -0.3 is 20.3 Å². The second-order valence-corrected chi connectivity index (χ2v) is 8.71. The van der Waals surface area contributed by atoms with E-state index in [4.69, 9.17) is 16.3 Å². The topological polar surface area (TPSA) is 70.7 Å². The Morgan fingerprint density at radius 1 is 1.03 bits per heavy atom. The fourth-order valence-corrected chi connectivity index (χ4v) is 3.76. The summed E-state index contributed by atoms with van der Waals surface area (Å²) in [5.41, 5.74) is -2.33. The van der Waals surface area contributed by atoms with Crippen molar-refractivity contribution in [2.24, 2.45) is 0 Å². The van der Waals surface area contributed by atoms with Crippen molar-refractivity contribution in [2.75, 3.05) is 18.4 Å². The number of piperidine rings is 1. The molecule has 2 aromatic rings. The molecule has 0 unspecified atom stereocenters. The Labute approximate surface area is 195 Å². The summed E-state index contributed by atoms with van der Waals surface area (Å²) in [6, 6.07) is 10.5. The highest BCUT2D eigenvalue weighted by atomic mass is 35.5. The summed E-state index contributed by atoms with van der Waals surface area (Å²) in [5.74, 6) is 0.324. The molecule has 0 aromatic heterocycles. The standard InChI is InChI=1S/C23H25ClF3N3O3/c1-22(2,33-17-9-7-15(24)8-10-17)20(31)30-13-11-16(12-14-30)28-21(32)29-19-6-4-3-5-18(19)23(25,26)27/h3-10,16H,11-14H2,1-2H3,(H2,28,29,32). The number of urea groups is 1. The van der Waals surface area contributed by atoms with Gasteiger partial charge in [0.15, 0.2) is 5.60 Å². The molecule has 1 aliphatic heterocycles. The minimum Gasteiger partial charge on any atom is -0.478 e. The van der Waals surface area contributed by atoms with Gasteiger partial charge in [-0.2, -0.15) is 13.2 Å². The molecule has 178 valence electrons. The quantitative estimate of drug-likeness (QED) is 0.604. The molecule has 3 rings (SSSR count). The monoisotopic (exact) mass is 483 g/mol. The number of ether oxygens (including phenoxy) is 1. The molecule has 0 bridgehead atoms. The molecule has 0 radical (unpaired) electrons. The van der Waals surface area contributed by atoms with E-state index in [-0.39, 0.29) is 17.6 Å². The maximum atomic E-state index is 13.1. The average molecular weight is 484 g/mol. The maximum Gasteiger partial charge on any atom is 0.418 e. The van der Waals surface area contributed by atoms with Gasteiger partial charge in [0.2, 0.25) is 0 Å². The SMILES string of the molecule is CC(C)(Oc1ccc(Cl)cc1)C(=O)N1CCC(NC(=O)Nc2ccccc2C(F)(F)F)CC1. The van der Waals surface area contributed by atoms with Crippen molar-refractivity contribution in [2.45, 2.75) is 44.5 Å². The summed E-state index contributed by atoms with van der Waals surface area (Å²) in [6.07, 6.45) is -3.63. The van der Waals surface area contributed by atoms with Crippen molar-refractivity contribution < 1.29 is 27.5 Å². The van der Waals surface area contributed by atoms with E-state index in [0.717, 1.165) is 6.07 Å². The van der Waals surface area contributed by atoms with Crippen LogP contribution >= 0.6 is 11.6 Å². The molecule has 1 aliphatic rings. The van der Waals surface area contributed by atoms with Gasteiger partial charge in [0.05, 0.1) is 11.3 Å². The van der Waals surface area contributed by atoms with Crippen molar-refractivity contribution in [3.05, 3.63) is 59.1 Å². The van der Waals surface area contributed by atoms with Crippen LogP contribution in [0.3, 0.4) is 0 Å². The number of nitrogens with one attached hydrogen (secondary N) is 2. The van der Waals surface area contributed by atoms with E-state index in [0.29, 0.717) is 36.7 Å². The molecule has 3 amide bonds. The summed E-state index contributed by atoms with van der Waals surface area (Å²) in [4.78, 5) is 26.9. The zero-order valence-corrected chi connectivity index (χ0v) is 19.0. The summed E-state index contributed by atoms with van der Waals surface area (Å²) in [5, 5.41) is 5.53. The van der Waals surface area contributed by atoms with Crippen molar-refractivity contribution in [1.82, 2.24) is 10.2 Å². The van der Waals surface area contributed by atoms with Gasteiger partial charge in [0, 0.05) is 24.2 Å². The summed E-state index contributed by atoms with van der Waals surface area (Å²) in [6.45, 7) is 4.13. The first-order valence-corrected chi connectivity index (χ1v) is 10.8. The highest BCUT2D eigenvalue weighted by molar-refractivity contribution is 6.30. The van der Waals surface area contributed by atoms with Crippen LogP contribution in [-0.4, -0.2) is 41.6 Å². The van der Waals surface area contributed by atoms with Crippen LogP contribution in [0.15, 0.2) is 48.5 Å². The third kappa shape index (κ3) is 6.54. The first kappa shape index (κ1) is 24.7. The molecule has 0 aliphatic carbocycles. The number of amides is 3. The number of carbonyl (C=O) groups excluding carboxylic acids is 2. The van der Waals surface area contributed by atoms with Gasteiger partial charge in [-0.05, 0) is 63.1 Å². The lowest BCUT2D eigenvalue weighted by molar-refractivity contribution is -0.146. The van der Waals surface area contributed by atoms with Gasteiger partial charge in [-0.15, -0.1) is 0 Å². The second-order valence-electron chi connectivity index (χ2n) is 8.27. The van der Waals surface area contributed by atoms with E-state index in [1.807, 2.05) is 0 Å². The first-order chi connectivity index (χ1) is 15.5. The molecular weight excluding hydrogens is 459 g/mol. The van der Waals surface area contributed by atoms with E-state index >= 15 is 0 Å². The molecule has 2 aromatic carbocycles. The Morgan fingerprint density at radius 3 is 2.24 bits per heavy atom. The van der Waals surface area contributed by atoms with Crippen LogP contribution in [0.5, 0.6) is 5.75 Å². The number of nitrogens with zero attached hydrogens (tertiary/aromatic N) is 1. The fourth-order valence-electron chi connectivity index (χ4n) is 3.63. The lowest BCUT2D eigenvalue weighted by Gasteiger charge is -2.37. The lowest BCUT2D eigenvalue weighted by Crippen LogP contribution is -2.54. The van der Waals surface area contributed by atoms with Crippen LogP contribution in [-0.2, 0) is 11.0 Å². The Hall–Kier alpha value is -2.94. The van der Waals surface area contributed by atoms with Crippen LogP contribution < -0.4 is 15.4 Å². The molecule has 0 atom stereocenters. The number of alkyl halides is 3. The Balaban J connectivity index is 1.52. The van der Waals surface area contributed by atoms with Gasteiger partial charge in [-0.1, -0.05) is 23.7 Å². The molecule has 0 saturated carbocycles. The molecule has 0 spiro atoms. The number of rotatable bonds is 5. The predicted octanol–water partition coefficient (Wildman–Crippen LogP) is 5.33. The Kier molecular flexibility index (Phi) is 7.41. The summed E-state index contributed by atoms with van der Waals surface area (Å²) in [7, 11) is 0. The second kappa shape index (κ2) is 9.91. The number of halogens is 4. The van der Waals surface area contributed by atoms with E-state index < -0.39 is 23.4 Å². The van der Waals surface area contributed by atoms with Crippen molar-refractivity contribution in [1.29, 1.82) is 0 Å². The van der Waals surface area contributed by atoms with Crippen molar-refractivity contribution in [3.8, 4) is 5.75 Å². The van der Waals surface area contributed by atoms with Crippen LogP contribution in [0.4, 0.5) is 23.7 Å². The largest absolute Gasteiger partial charge is 0.478 e. The van der Waals surface area contributed by atoms with Crippen LogP contribution in [0.25, 0.3) is 0 Å². The number of benzene rings is 2. The maximum absolute atomic E-state index is 13.1. The lowest BCUT2D eigenvalue weighted by atomic mass is 10.0. The van der Waals surface area contributed by atoms with Crippen LogP contribution in [0.1, 0.15) is 32.3 Å². The number of hydrogen-bond donors (Lipinski definition) is 2. The van der Waals surface area contributed by atoms with Gasteiger partial charge in [0.25, 0.3) is 5.91 Å². The molecule has 1 saturated heterocycles. The highest BCUT2D eigenvalue weighted by Gasteiger charge is 2.37. The van der Waals surface area contributed by atoms with E-state index in [2.05, 4.69) is 10.6 Å². The first-order valence-electron chi connectivity index (χ1n) is 10.4. The number of anilines is 1. The van der Waals surface area contributed by atoms with Gasteiger partial charge >= 0.3 is 12.2 Å². The zero-order chi connectivity index (χ0) is 24.2.